The summed E-state index contributed by atoms with van der Waals surface area (Å²) in [4.78, 5) is 33.5. The molecule has 1 saturated carbocycles. The number of hydrogen-bond acceptors (Lipinski definition) is 4. The third-order valence-corrected chi connectivity index (χ3v) is 5.86. The van der Waals surface area contributed by atoms with Crippen molar-refractivity contribution in [2.75, 3.05) is 13.1 Å². The van der Waals surface area contributed by atoms with Crippen LogP contribution in [0.25, 0.3) is 10.2 Å². The largest absolute Gasteiger partial charge is 0.342 e. The second-order valence-electron chi connectivity index (χ2n) is 6.74. The number of rotatable bonds is 7. The van der Waals surface area contributed by atoms with Crippen molar-refractivity contribution < 1.29 is 4.79 Å². The summed E-state index contributed by atoms with van der Waals surface area (Å²) in [6, 6.07) is 0. The maximum Gasteiger partial charge on any atom is 0.262 e. The number of thiophene rings is 1. The molecule has 1 aliphatic rings. The normalized spacial score (nSPS) is 14.3. The predicted molar refractivity (Wildman–Crippen MR) is 97.6 cm³/mol. The number of amides is 1. The van der Waals surface area contributed by atoms with Gasteiger partial charge in [-0.1, -0.05) is 6.92 Å². The minimum atomic E-state index is -0.0288. The van der Waals surface area contributed by atoms with Crippen LogP contribution in [0.1, 0.15) is 43.0 Å². The van der Waals surface area contributed by atoms with Gasteiger partial charge in [0.05, 0.1) is 11.7 Å². The van der Waals surface area contributed by atoms with Crippen LogP contribution in [0.2, 0.25) is 0 Å². The van der Waals surface area contributed by atoms with Gasteiger partial charge < -0.3 is 4.90 Å². The van der Waals surface area contributed by atoms with Crippen molar-refractivity contribution in [2.24, 2.45) is 5.92 Å². The first-order chi connectivity index (χ1) is 11.5. The highest BCUT2D eigenvalue weighted by atomic mass is 32.1. The van der Waals surface area contributed by atoms with Crippen molar-refractivity contribution in [1.29, 1.82) is 0 Å². The van der Waals surface area contributed by atoms with Gasteiger partial charge in [0.2, 0.25) is 5.91 Å². The van der Waals surface area contributed by atoms with E-state index in [4.69, 9.17) is 0 Å². The Balaban J connectivity index is 1.72. The number of aromatic nitrogens is 2. The molecule has 2 aromatic heterocycles. The van der Waals surface area contributed by atoms with Gasteiger partial charge in [-0.2, -0.15) is 0 Å². The number of aryl methyl sites for hydroxylation is 3. The Hall–Kier alpha value is -1.69. The maximum atomic E-state index is 12.7. The molecule has 1 fully saturated rings. The minimum Gasteiger partial charge on any atom is -0.342 e. The highest BCUT2D eigenvalue weighted by Gasteiger charge is 2.26. The number of carbonyl (C=O) groups excluding carboxylic acids is 1. The quantitative estimate of drug-likeness (QED) is 0.773. The van der Waals surface area contributed by atoms with Gasteiger partial charge >= 0.3 is 0 Å². The summed E-state index contributed by atoms with van der Waals surface area (Å²) in [6.07, 6.45) is 5.40. The Morgan fingerprint density at radius 1 is 1.42 bits per heavy atom. The molecule has 0 unspecified atom stereocenters. The molecule has 0 N–H and O–H groups in total. The molecule has 6 heteroatoms. The van der Waals surface area contributed by atoms with Crippen LogP contribution >= 0.6 is 11.3 Å². The van der Waals surface area contributed by atoms with Crippen molar-refractivity contribution >= 4 is 27.5 Å². The molecule has 0 saturated heterocycles. The second-order valence-corrected chi connectivity index (χ2v) is 7.94. The topological polar surface area (TPSA) is 55.2 Å². The Kier molecular flexibility index (Phi) is 5.04. The van der Waals surface area contributed by atoms with E-state index in [1.807, 2.05) is 18.7 Å². The van der Waals surface area contributed by atoms with E-state index in [1.165, 1.54) is 12.8 Å². The highest BCUT2D eigenvalue weighted by molar-refractivity contribution is 7.18. The van der Waals surface area contributed by atoms with Crippen molar-refractivity contribution in [3.8, 4) is 0 Å². The average Bonchev–Trinajstić information content (AvgIpc) is 3.32. The van der Waals surface area contributed by atoms with Crippen LogP contribution in [-0.4, -0.2) is 33.4 Å². The standard InChI is InChI=1S/C18H25N3O2S/c1-4-8-20(10-14-5-6-14)15(22)7-9-21-11-19-17-16(18(21)23)12(2)13(3)24-17/h11,14H,4-10H2,1-3H3. The van der Waals surface area contributed by atoms with Gasteiger partial charge in [-0.3, -0.25) is 14.2 Å². The van der Waals surface area contributed by atoms with E-state index < -0.39 is 0 Å². The van der Waals surface area contributed by atoms with E-state index >= 15 is 0 Å². The van der Waals surface area contributed by atoms with E-state index in [0.717, 1.165) is 34.8 Å². The lowest BCUT2D eigenvalue weighted by atomic mass is 10.2. The molecule has 0 bridgehead atoms. The zero-order valence-corrected chi connectivity index (χ0v) is 15.5. The van der Waals surface area contributed by atoms with Crippen molar-refractivity contribution in [3.63, 3.8) is 0 Å². The van der Waals surface area contributed by atoms with Crippen LogP contribution in [0.15, 0.2) is 11.1 Å². The second kappa shape index (κ2) is 7.05. The number of carbonyl (C=O) groups is 1. The van der Waals surface area contributed by atoms with Crippen LogP contribution in [0, 0.1) is 19.8 Å². The van der Waals surface area contributed by atoms with Gasteiger partial charge in [-0.25, -0.2) is 4.98 Å². The molecule has 5 nitrogen and oxygen atoms in total. The van der Waals surface area contributed by atoms with E-state index in [9.17, 15) is 9.59 Å². The van der Waals surface area contributed by atoms with Crippen LogP contribution in [0.5, 0.6) is 0 Å². The van der Waals surface area contributed by atoms with Crippen LogP contribution in [0.4, 0.5) is 0 Å². The van der Waals surface area contributed by atoms with Crippen molar-refractivity contribution in [3.05, 3.63) is 27.1 Å². The van der Waals surface area contributed by atoms with Gasteiger partial charge in [-0.15, -0.1) is 11.3 Å². The Morgan fingerprint density at radius 3 is 2.83 bits per heavy atom. The predicted octanol–water partition coefficient (Wildman–Crippen LogP) is 3.11. The lowest BCUT2D eigenvalue weighted by molar-refractivity contribution is -0.131. The summed E-state index contributed by atoms with van der Waals surface area (Å²) in [5.74, 6) is 0.839. The summed E-state index contributed by atoms with van der Waals surface area (Å²) in [5.41, 5.74) is 0.980. The lowest BCUT2D eigenvalue weighted by Gasteiger charge is -2.22. The van der Waals surface area contributed by atoms with Crippen molar-refractivity contribution in [2.45, 2.75) is 53.0 Å². The molecule has 1 aliphatic carbocycles. The lowest BCUT2D eigenvalue weighted by Crippen LogP contribution is -2.35. The van der Waals surface area contributed by atoms with Gasteiger partial charge in [0.1, 0.15) is 4.83 Å². The third-order valence-electron chi connectivity index (χ3n) is 4.74. The average molecular weight is 347 g/mol. The van der Waals surface area contributed by atoms with Crippen LogP contribution < -0.4 is 5.56 Å². The summed E-state index contributed by atoms with van der Waals surface area (Å²) >= 11 is 1.55. The van der Waals surface area contributed by atoms with Crippen LogP contribution in [-0.2, 0) is 11.3 Å². The molecule has 0 atom stereocenters. The number of nitrogens with zero attached hydrogens (tertiary/aromatic N) is 3. The molecular weight excluding hydrogens is 322 g/mol. The Morgan fingerprint density at radius 2 is 2.17 bits per heavy atom. The fraction of sp³-hybridized carbons (Fsp3) is 0.611. The highest BCUT2D eigenvalue weighted by Crippen LogP contribution is 2.30. The molecule has 2 aromatic rings. The molecule has 3 rings (SSSR count). The van der Waals surface area contributed by atoms with Crippen LogP contribution in [0.3, 0.4) is 0 Å². The van der Waals surface area contributed by atoms with E-state index in [-0.39, 0.29) is 11.5 Å². The van der Waals surface area contributed by atoms with E-state index in [2.05, 4.69) is 11.9 Å². The summed E-state index contributed by atoms with van der Waals surface area (Å²) < 4.78 is 1.58. The fourth-order valence-electron chi connectivity index (χ4n) is 3.00. The van der Waals surface area contributed by atoms with Gasteiger partial charge in [0.25, 0.3) is 5.56 Å². The fourth-order valence-corrected chi connectivity index (χ4v) is 3.99. The monoisotopic (exact) mass is 347 g/mol. The molecule has 2 heterocycles. The smallest absolute Gasteiger partial charge is 0.262 e. The molecule has 0 aromatic carbocycles. The van der Waals surface area contributed by atoms with E-state index in [1.54, 1.807) is 22.2 Å². The first-order valence-electron chi connectivity index (χ1n) is 8.74. The molecule has 0 radical (unpaired) electrons. The first-order valence-corrected chi connectivity index (χ1v) is 9.55. The summed E-state index contributed by atoms with van der Waals surface area (Å²) in [6.45, 7) is 8.16. The number of hydrogen-bond donors (Lipinski definition) is 0. The molecular formula is C18H25N3O2S. The van der Waals surface area contributed by atoms with Gasteiger partial charge in [0.15, 0.2) is 0 Å². The van der Waals surface area contributed by atoms with Gasteiger partial charge in [0, 0.05) is 30.9 Å². The zero-order valence-electron chi connectivity index (χ0n) is 14.7. The third kappa shape index (κ3) is 3.53. The molecule has 0 aliphatic heterocycles. The van der Waals surface area contributed by atoms with Crippen molar-refractivity contribution in [1.82, 2.24) is 14.5 Å². The molecule has 130 valence electrons. The minimum absolute atomic E-state index is 0.0288. The maximum absolute atomic E-state index is 12.7. The van der Waals surface area contributed by atoms with Gasteiger partial charge in [-0.05, 0) is 44.6 Å². The summed E-state index contributed by atoms with van der Waals surface area (Å²) in [7, 11) is 0. The number of fused-ring (bicyclic) bond motifs is 1. The summed E-state index contributed by atoms with van der Waals surface area (Å²) in [5, 5.41) is 0.704. The SMILES string of the molecule is CCCN(CC1CC1)C(=O)CCn1cnc2sc(C)c(C)c2c1=O. The van der Waals surface area contributed by atoms with E-state index in [0.29, 0.717) is 24.3 Å². The zero-order chi connectivity index (χ0) is 17.3. The molecule has 24 heavy (non-hydrogen) atoms. The first kappa shape index (κ1) is 17.1. The molecule has 1 amide bonds. The Labute approximate surface area is 146 Å². The molecule has 0 spiro atoms. The Bertz CT molecular complexity index is 804.